The van der Waals surface area contributed by atoms with Crippen molar-refractivity contribution < 1.29 is 9.26 Å². The maximum Gasteiger partial charge on any atom is 0.252 e. The van der Waals surface area contributed by atoms with Crippen molar-refractivity contribution in [3.05, 3.63) is 22.2 Å². The Hall–Kier alpha value is -1.24. The van der Waals surface area contributed by atoms with Gasteiger partial charge in [0.1, 0.15) is 6.61 Å². The molecule has 0 saturated heterocycles. The standard InChI is InChI=1S/C10H13N3O2S/c1-7-5-16-6-8(7)10-12-9(15-13-10)4-14-3-2-11/h5-6H,2-4,11H2,1H3. The quantitative estimate of drug-likeness (QED) is 0.802. The van der Waals surface area contributed by atoms with E-state index < -0.39 is 0 Å². The molecule has 2 aromatic rings. The number of nitrogens with zero attached hydrogens (tertiary/aromatic N) is 2. The highest BCUT2D eigenvalue weighted by Gasteiger charge is 2.11. The highest BCUT2D eigenvalue weighted by Crippen LogP contribution is 2.24. The van der Waals surface area contributed by atoms with E-state index in [4.69, 9.17) is 15.0 Å². The van der Waals surface area contributed by atoms with Crippen LogP contribution in [0.5, 0.6) is 0 Å². The zero-order valence-corrected chi connectivity index (χ0v) is 9.79. The van der Waals surface area contributed by atoms with Gasteiger partial charge in [0.15, 0.2) is 0 Å². The topological polar surface area (TPSA) is 74.2 Å². The molecule has 16 heavy (non-hydrogen) atoms. The van der Waals surface area contributed by atoms with E-state index in [-0.39, 0.29) is 0 Å². The van der Waals surface area contributed by atoms with Gasteiger partial charge in [-0.25, -0.2) is 0 Å². The molecule has 6 heteroatoms. The molecule has 0 aliphatic rings. The number of aromatic nitrogens is 2. The van der Waals surface area contributed by atoms with Gasteiger partial charge in [-0.15, -0.1) is 0 Å². The third-order valence-corrected chi connectivity index (χ3v) is 2.91. The van der Waals surface area contributed by atoms with Gasteiger partial charge in [-0.2, -0.15) is 16.3 Å². The molecule has 2 heterocycles. The molecule has 2 rings (SSSR count). The van der Waals surface area contributed by atoms with Gasteiger partial charge >= 0.3 is 0 Å². The maximum absolute atomic E-state index is 5.30. The summed E-state index contributed by atoms with van der Waals surface area (Å²) in [5.41, 5.74) is 7.47. The van der Waals surface area contributed by atoms with Crippen molar-refractivity contribution in [1.29, 1.82) is 0 Å². The van der Waals surface area contributed by atoms with Crippen LogP contribution >= 0.6 is 11.3 Å². The number of hydrogen-bond donors (Lipinski definition) is 1. The Morgan fingerprint density at radius 1 is 1.50 bits per heavy atom. The maximum atomic E-state index is 5.30. The molecule has 5 nitrogen and oxygen atoms in total. The summed E-state index contributed by atoms with van der Waals surface area (Å²) < 4.78 is 10.3. The van der Waals surface area contributed by atoms with Crippen molar-refractivity contribution in [3.63, 3.8) is 0 Å². The van der Waals surface area contributed by atoms with Gasteiger partial charge < -0.3 is 15.0 Å². The summed E-state index contributed by atoms with van der Waals surface area (Å²) in [4.78, 5) is 4.25. The molecule has 86 valence electrons. The summed E-state index contributed by atoms with van der Waals surface area (Å²) >= 11 is 1.62. The van der Waals surface area contributed by atoms with Gasteiger partial charge in [-0.05, 0) is 17.9 Å². The fourth-order valence-corrected chi connectivity index (χ4v) is 2.08. The van der Waals surface area contributed by atoms with E-state index in [0.29, 0.717) is 31.5 Å². The van der Waals surface area contributed by atoms with Crippen molar-refractivity contribution >= 4 is 11.3 Å². The first kappa shape index (κ1) is 11.3. The highest BCUT2D eigenvalue weighted by molar-refractivity contribution is 7.08. The average molecular weight is 239 g/mol. The highest BCUT2D eigenvalue weighted by atomic mass is 32.1. The Bertz CT molecular complexity index is 452. The molecule has 0 aromatic carbocycles. The lowest BCUT2D eigenvalue weighted by Gasteiger charge is -1.95. The summed E-state index contributed by atoms with van der Waals surface area (Å²) in [6, 6.07) is 0. The Kier molecular flexibility index (Phi) is 3.66. The van der Waals surface area contributed by atoms with Gasteiger partial charge in [0.2, 0.25) is 5.82 Å². The lowest BCUT2D eigenvalue weighted by molar-refractivity contribution is 0.104. The fourth-order valence-electron chi connectivity index (χ4n) is 1.26. The summed E-state index contributed by atoms with van der Waals surface area (Å²) in [6.45, 7) is 3.32. The summed E-state index contributed by atoms with van der Waals surface area (Å²) in [5, 5.41) is 7.96. The van der Waals surface area contributed by atoms with Gasteiger partial charge in [-0.3, -0.25) is 0 Å². The van der Waals surface area contributed by atoms with E-state index in [1.807, 2.05) is 12.3 Å². The first-order chi connectivity index (χ1) is 7.81. The molecule has 0 aliphatic carbocycles. The number of hydrogen-bond acceptors (Lipinski definition) is 6. The van der Waals surface area contributed by atoms with E-state index in [1.54, 1.807) is 11.3 Å². The Morgan fingerprint density at radius 2 is 2.38 bits per heavy atom. The Balaban J connectivity index is 2.05. The van der Waals surface area contributed by atoms with Crippen molar-refractivity contribution in [2.24, 2.45) is 5.73 Å². The van der Waals surface area contributed by atoms with E-state index in [0.717, 1.165) is 11.1 Å². The minimum absolute atomic E-state index is 0.313. The third kappa shape index (κ3) is 2.46. The number of aryl methyl sites for hydroxylation is 1. The van der Waals surface area contributed by atoms with Crippen LogP contribution in [0, 0.1) is 6.92 Å². The van der Waals surface area contributed by atoms with Gasteiger partial charge in [0, 0.05) is 17.5 Å². The largest absolute Gasteiger partial charge is 0.370 e. The van der Waals surface area contributed by atoms with E-state index in [9.17, 15) is 0 Å². The van der Waals surface area contributed by atoms with Crippen molar-refractivity contribution in [2.45, 2.75) is 13.5 Å². The SMILES string of the molecule is Cc1cscc1-c1noc(COCCN)n1. The smallest absolute Gasteiger partial charge is 0.252 e. The van der Waals surface area contributed by atoms with Gasteiger partial charge in [0.05, 0.1) is 6.61 Å². The molecule has 0 amide bonds. The summed E-state index contributed by atoms with van der Waals surface area (Å²) in [7, 11) is 0. The molecule has 0 radical (unpaired) electrons. The molecule has 0 saturated carbocycles. The molecule has 0 bridgehead atoms. The van der Waals surface area contributed by atoms with Crippen LogP contribution in [0.3, 0.4) is 0 Å². The molecule has 0 spiro atoms. The molecule has 0 fully saturated rings. The Labute approximate surface area is 97.2 Å². The average Bonchev–Trinajstić information content (AvgIpc) is 2.87. The number of ether oxygens (including phenoxy) is 1. The van der Waals surface area contributed by atoms with Crippen LogP contribution < -0.4 is 5.73 Å². The normalized spacial score (nSPS) is 10.9. The first-order valence-electron chi connectivity index (χ1n) is 4.95. The summed E-state index contributed by atoms with van der Waals surface area (Å²) in [5.74, 6) is 1.10. The van der Waals surface area contributed by atoms with Gasteiger partial charge in [0.25, 0.3) is 5.89 Å². The predicted molar refractivity (Wildman–Crippen MR) is 61.1 cm³/mol. The van der Waals surface area contributed by atoms with Crippen LogP contribution in [-0.2, 0) is 11.3 Å². The zero-order chi connectivity index (χ0) is 11.4. The second kappa shape index (κ2) is 5.20. The molecule has 0 aliphatic heterocycles. The minimum Gasteiger partial charge on any atom is -0.370 e. The molecular weight excluding hydrogens is 226 g/mol. The van der Waals surface area contributed by atoms with Crippen LogP contribution in [0.1, 0.15) is 11.5 Å². The minimum atomic E-state index is 0.313. The molecular formula is C10H13N3O2S. The lowest BCUT2D eigenvalue weighted by atomic mass is 10.2. The first-order valence-corrected chi connectivity index (χ1v) is 5.89. The van der Waals surface area contributed by atoms with Crippen LogP contribution in [0.25, 0.3) is 11.4 Å². The second-order valence-electron chi connectivity index (χ2n) is 3.32. The van der Waals surface area contributed by atoms with Crippen molar-refractivity contribution in [1.82, 2.24) is 10.1 Å². The third-order valence-electron chi connectivity index (χ3n) is 2.05. The molecule has 2 aromatic heterocycles. The van der Waals surface area contributed by atoms with E-state index in [2.05, 4.69) is 15.5 Å². The fraction of sp³-hybridized carbons (Fsp3) is 0.400. The van der Waals surface area contributed by atoms with Crippen LogP contribution in [0.4, 0.5) is 0 Å². The number of nitrogens with two attached hydrogens (primary N) is 1. The second-order valence-corrected chi connectivity index (χ2v) is 4.07. The Morgan fingerprint density at radius 3 is 3.06 bits per heavy atom. The monoisotopic (exact) mass is 239 g/mol. The zero-order valence-electron chi connectivity index (χ0n) is 8.97. The summed E-state index contributed by atoms with van der Waals surface area (Å²) in [6.07, 6.45) is 0. The predicted octanol–water partition coefficient (Wildman–Crippen LogP) is 1.58. The molecule has 2 N–H and O–H groups in total. The molecule has 0 atom stereocenters. The lowest BCUT2D eigenvalue weighted by Crippen LogP contribution is -2.08. The van der Waals surface area contributed by atoms with Crippen LogP contribution in [0.2, 0.25) is 0 Å². The van der Waals surface area contributed by atoms with Gasteiger partial charge in [-0.1, -0.05) is 5.16 Å². The molecule has 0 unspecified atom stereocenters. The van der Waals surface area contributed by atoms with Crippen molar-refractivity contribution in [2.75, 3.05) is 13.2 Å². The number of rotatable bonds is 5. The van der Waals surface area contributed by atoms with Crippen LogP contribution in [-0.4, -0.2) is 23.3 Å². The van der Waals surface area contributed by atoms with Crippen molar-refractivity contribution in [3.8, 4) is 11.4 Å². The van der Waals surface area contributed by atoms with Crippen LogP contribution in [0.15, 0.2) is 15.3 Å². The number of thiophene rings is 1. The van der Waals surface area contributed by atoms with E-state index in [1.165, 1.54) is 0 Å². The van der Waals surface area contributed by atoms with E-state index >= 15 is 0 Å².